The third kappa shape index (κ3) is 20.6. The molecule has 0 aromatic rings. The molecule has 4 heteroatoms. The second-order valence-corrected chi connectivity index (χ2v) is 14.2. The lowest BCUT2D eigenvalue weighted by Crippen LogP contribution is -2.15. The summed E-state index contributed by atoms with van der Waals surface area (Å²) in [5, 5.41) is 27.9. The SMILES string of the molecule is CCCCCCCCCCCCCCCCCC[P+](CCCO)(CCCO)CCCO. The van der Waals surface area contributed by atoms with Gasteiger partial charge in [0.25, 0.3) is 0 Å². The van der Waals surface area contributed by atoms with Crippen LogP contribution in [0.3, 0.4) is 0 Å². The van der Waals surface area contributed by atoms with E-state index in [4.69, 9.17) is 0 Å². The van der Waals surface area contributed by atoms with Crippen LogP contribution in [0.4, 0.5) is 0 Å². The molecule has 3 nitrogen and oxygen atoms in total. The lowest BCUT2D eigenvalue weighted by Gasteiger charge is -2.27. The van der Waals surface area contributed by atoms with Gasteiger partial charge in [0, 0.05) is 46.3 Å². The van der Waals surface area contributed by atoms with Crippen LogP contribution in [0.25, 0.3) is 0 Å². The van der Waals surface area contributed by atoms with Crippen molar-refractivity contribution in [1.29, 1.82) is 0 Å². The summed E-state index contributed by atoms with van der Waals surface area (Å²) in [6.07, 6.45) is 29.9. The van der Waals surface area contributed by atoms with Crippen molar-refractivity contribution in [2.24, 2.45) is 0 Å². The van der Waals surface area contributed by atoms with Crippen LogP contribution in [0.15, 0.2) is 0 Å². The second-order valence-electron chi connectivity index (χ2n) is 9.77. The van der Waals surface area contributed by atoms with Crippen LogP contribution >= 0.6 is 7.26 Å². The average molecular weight is 462 g/mol. The maximum Gasteiger partial charge on any atom is 0.0616 e. The highest BCUT2D eigenvalue weighted by Gasteiger charge is 2.34. The number of hydrogen-bond donors (Lipinski definition) is 3. The quantitative estimate of drug-likeness (QED) is 0.0928. The van der Waals surface area contributed by atoms with Gasteiger partial charge in [0.2, 0.25) is 0 Å². The summed E-state index contributed by atoms with van der Waals surface area (Å²) >= 11 is 0. The van der Waals surface area contributed by atoms with Crippen molar-refractivity contribution in [2.75, 3.05) is 44.5 Å². The third-order valence-corrected chi connectivity index (χ3v) is 11.9. The molecule has 188 valence electrons. The first-order valence-electron chi connectivity index (χ1n) is 13.9. The Morgan fingerprint density at radius 3 is 0.903 bits per heavy atom. The minimum Gasteiger partial charge on any atom is -0.396 e. The fraction of sp³-hybridized carbons (Fsp3) is 1.00. The van der Waals surface area contributed by atoms with Crippen molar-refractivity contribution >= 4 is 7.26 Å². The number of hydrogen-bond acceptors (Lipinski definition) is 3. The molecule has 0 unspecified atom stereocenters. The number of unbranched alkanes of at least 4 members (excludes halogenated alkanes) is 15. The van der Waals surface area contributed by atoms with Crippen molar-refractivity contribution in [3.63, 3.8) is 0 Å². The normalized spacial score (nSPS) is 12.0. The molecule has 0 aliphatic heterocycles. The van der Waals surface area contributed by atoms with Crippen LogP contribution in [-0.4, -0.2) is 59.8 Å². The van der Waals surface area contributed by atoms with Gasteiger partial charge < -0.3 is 15.3 Å². The van der Waals surface area contributed by atoms with E-state index in [2.05, 4.69) is 6.92 Å². The molecule has 0 saturated heterocycles. The molecule has 0 aromatic heterocycles. The van der Waals surface area contributed by atoms with Gasteiger partial charge in [-0.15, -0.1) is 0 Å². The first-order chi connectivity index (χ1) is 15.2. The van der Waals surface area contributed by atoms with E-state index in [0.29, 0.717) is 0 Å². The molecule has 0 aliphatic rings. The van der Waals surface area contributed by atoms with Gasteiger partial charge in [-0.25, -0.2) is 0 Å². The Hall–Kier alpha value is 0.310. The fourth-order valence-corrected chi connectivity index (χ4v) is 9.56. The molecule has 0 atom stereocenters. The van der Waals surface area contributed by atoms with Crippen molar-refractivity contribution in [3.8, 4) is 0 Å². The topological polar surface area (TPSA) is 60.7 Å². The number of aliphatic hydroxyl groups excluding tert-OH is 3. The van der Waals surface area contributed by atoms with E-state index in [1.165, 1.54) is 109 Å². The van der Waals surface area contributed by atoms with Crippen LogP contribution < -0.4 is 0 Å². The van der Waals surface area contributed by atoms with Gasteiger partial charge in [-0.3, -0.25) is 0 Å². The minimum absolute atomic E-state index is 0.277. The molecule has 0 saturated carbocycles. The maximum absolute atomic E-state index is 9.31. The highest BCUT2D eigenvalue weighted by atomic mass is 31.2. The molecule has 31 heavy (non-hydrogen) atoms. The lowest BCUT2D eigenvalue weighted by molar-refractivity contribution is 0.292. The Bertz CT molecular complexity index is 317. The van der Waals surface area contributed by atoms with Crippen LogP contribution in [0, 0.1) is 0 Å². The molecule has 0 rings (SSSR count). The van der Waals surface area contributed by atoms with Gasteiger partial charge >= 0.3 is 0 Å². The molecule has 0 aromatic carbocycles. The monoisotopic (exact) mass is 461 g/mol. The zero-order valence-electron chi connectivity index (χ0n) is 21.2. The Balaban J connectivity index is 3.71. The average Bonchev–Trinajstić information content (AvgIpc) is 2.79. The van der Waals surface area contributed by atoms with E-state index >= 15 is 0 Å². The van der Waals surface area contributed by atoms with Gasteiger partial charge in [-0.05, 0) is 12.8 Å². The number of rotatable bonds is 26. The largest absolute Gasteiger partial charge is 0.396 e. The predicted octanol–water partition coefficient (Wildman–Crippen LogP) is 7.41. The summed E-state index contributed by atoms with van der Waals surface area (Å²) in [5.41, 5.74) is 0. The van der Waals surface area contributed by atoms with Crippen LogP contribution in [0.2, 0.25) is 0 Å². The summed E-state index contributed by atoms with van der Waals surface area (Å²) in [5.74, 6) is 0. The van der Waals surface area contributed by atoms with Gasteiger partial charge in [0.05, 0.1) is 24.6 Å². The lowest BCUT2D eigenvalue weighted by atomic mass is 10.0. The Morgan fingerprint density at radius 1 is 0.355 bits per heavy atom. The molecule has 0 radical (unpaired) electrons. The molecule has 0 aliphatic carbocycles. The van der Waals surface area contributed by atoms with E-state index in [1.54, 1.807) is 0 Å². The Kier molecular flexibility index (Phi) is 25.2. The molecule has 0 amide bonds. The van der Waals surface area contributed by atoms with E-state index in [-0.39, 0.29) is 19.8 Å². The Morgan fingerprint density at radius 2 is 0.613 bits per heavy atom. The minimum atomic E-state index is -1.11. The highest BCUT2D eigenvalue weighted by Crippen LogP contribution is 2.60. The van der Waals surface area contributed by atoms with Crippen molar-refractivity contribution in [2.45, 2.75) is 129 Å². The van der Waals surface area contributed by atoms with Gasteiger partial charge in [0.1, 0.15) is 0 Å². The molecular weight excluding hydrogens is 403 g/mol. The van der Waals surface area contributed by atoms with E-state index in [9.17, 15) is 15.3 Å². The van der Waals surface area contributed by atoms with E-state index in [1.807, 2.05) is 0 Å². The van der Waals surface area contributed by atoms with Crippen molar-refractivity contribution in [1.82, 2.24) is 0 Å². The summed E-state index contributed by atoms with van der Waals surface area (Å²) in [6.45, 7) is 3.12. The molecule has 0 bridgehead atoms. The maximum atomic E-state index is 9.31. The van der Waals surface area contributed by atoms with Crippen LogP contribution in [-0.2, 0) is 0 Å². The molecule has 0 fully saturated rings. The summed E-state index contributed by atoms with van der Waals surface area (Å²) in [4.78, 5) is 0. The van der Waals surface area contributed by atoms with Crippen molar-refractivity contribution < 1.29 is 15.3 Å². The predicted molar refractivity (Wildman–Crippen MR) is 141 cm³/mol. The standard InChI is InChI=1S/C27H58O3P/c1-2-3-4-5-6-7-8-9-10-11-12-13-14-15-16-17-24-31(25-18-21-28,26-19-22-29)27-20-23-30/h28-30H,2-27H2,1H3/q+1. The summed E-state index contributed by atoms with van der Waals surface area (Å²) in [6, 6.07) is 0. The zero-order chi connectivity index (χ0) is 22.9. The summed E-state index contributed by atoms with van der Waals surface area (Å²) in [7, 11) is -1.11. The van der Waals surface area contributed by atoms with E-state index in [0.717, 1.165) is 37.7 Å². The van der Waals surface area contributed by atoms with Gasteiger partial charge in [-0.2, -0.15) is 0 Å². The smallest absolute Gasteiger partial charge is 0.0616 e. The van der Waals surface area contributed by atoms with Gasteiger partial charge in [0.15, 0.2) is 0 Å². The molecule has 3 N–H and O–H groups in total. The van der Waals surface area contributed by atoms with Crippen LogP contribution in [0.5, 0.6) is 0 Å². The first kappa shape index (κ1) is 31.3. The highest BCUT2D eigenvalue weighted by molar-refractivity contribution is 7.75. The fourth-order valence-electron chi connectivity index (χ4n) is 4.88. The van der Waals surface area contributed by atoms with Crippen molar-refractivity contribution in [3.05, 3.63) is 0 Å². The molecular formula is C27H58O3P+. The van der Waals surface area contributed by atoms with Gasteiger partial charge in [-0.1, -0.05) is 96.8 Å². The second kappa shape index (κ2) is 24.9. The first-order valence-corrected chi connectivity index (χ1v) is 16.5. The zero-order valence-corrected chi connectivity index (χ0v) is 22.1. The molecule has 0 spiro atoms. The molecule has 0 heterocycles. The number of aliphatic hydroxyl groups is 3. The summed E-state index contributed by atoms with van der Waals surface area (Å²) < 4.78 is 0. The van der Waals surface area contributed by atoms with E-state index < -0.39 is 7.26 Å². The Labute approximate surface area is 196 Å². The third-order valence-electron chi connectivity index (χ3n) is 6.86. The van der Waals surface area contributed by atoms with Crippen LogP contribution in [0.1, 0.15) is 129 Å².